The van der Waals surface area contributed by atoms with E-state index in [2.05, 4.69) is 15.6 Å². The molecular weight excluding hydrogens is 479 g/mol. The Hall–Kier alpha value is -1.16. The second-order valence-corrected chi connectivity index (χ2v) is 7.73. The highest BCUT2D eigenvalue weighted by Crippen LogP contribution is 2.60. The summed E-state index contributed by atoms with van der Waals surface area (Å²) in [5, 5.41) is 6.84. The van der Waals surface area contributed by atoms with E-state index in [0.717, 1.165) is 25.1 Å². The maximum Gasteiger partial charge on any atom is 0.191 e. The fourth-order valence-electron chi connectivity index (χ4n) is 5.17. The van der Waals surface area contributed by atoms with E-state index in [4.69, 9.17) is 9.47 Å². The van der Waals surface area contributed by atoms with Gasteiger partial charge in [0.05, 0.1) is 12.6 Å². The first-order chi connectivity index (χ1) is 13.1. The van der Waals surface area contributed by atoms with Gasteiger partial charge in [-0.2, -0.15) is 0 Å². The smallest absolute Gasteiger partial charge is 0.191 e. The molecule has 2 N–H and O–H groups in total. The van der Waals surface area contributed by atoms with Crippen molar-refractivity contribution in [3.8, 4) is 5.75 Å². The Balaban J connectivity index is 0.00000225. The highest BCUT2D eigenvalue weighted by Gasteiger charge is 2.65. The summed E-state index contributed by atoms with van der Waals surface area (Å²) in [5.74, 6) is 0.0440. The van der Waals surface area contributed by atoms with Crippen LogP contribution in [0.5, 0.6) is 5.75 Å². The van der Waals surface area contributed by atoms with Crippen molar-refractivity contribution in [2.75, 3.05) is 26.8 Å². The summed E-state index contributed by atoms with van der Waals surface area (Å²) in [5.41, 5.74) is 0.256. The Labute approximate surface area is 181 Å². The van der Waals surface area contributed by atoms with Crippen molar-refractivity contribution in [2.45, 2.75) is 44.2 Å². The van der Waals surface area contributed by atoms with Gasteiger partial charge in [-0.1, -0.05) is 12.8 Å². The lowest BCUT2D eigenvalue weighted by Gasteiger charge is -2.57. The summed E-state index contributed by atoms with van der Waals surface area (Å²) in [7, 11) is 1.75. The maximum atomic E-state index is 13.6. The average molecular weight is 507 g/mol. The van der Waals surface area contributed by atoms with Crippen molar-refractivity contribution in [2.24, 2.45) is 16.3 Å². The number of hydrogen-bond acceptors (Lipinski definition) is 3. The maximum absolute atomic E-state index is 13.6. The molecule has 1 saturated heterocycles. The Kier molecular flexibility index (Phi) is 7.01. The lowest BCUT2D eigenvalue weighted by Crippen LogP contribution is -2.69. The van der Waals surface area contributed by atoms with Gasteiger partial charge in [0.2, 0.25) is 0 Å². The van der Waals surface area contributed by atoms with Crippen LogP contribution in [0, 0.1) is 23.0 Å². The number of halogens is 3. The number of hydrogen-bond donors (Lipinski definition) is 2. The standard InChI is InChI=1S/C20H27F2N3O2.HI/c1-23-19(24-9-11-26-16-5-4-13(21)12-15(16)22)25-17-14-6-10-27-18(14)20(17)7-2-3-8-20;/h4-5,12,14,17-18H,2-3,6-11H2,1H3,(H2,23,24,25);1H. The van der Waals surface area contributed by atoms with Crippen molar-refractivity contribution in [1.82, 2.24) is 10.6 Å². The number of rotatable bonds is 5. The first kappa shape index (κ1) is 21.5. The summed E-state index contributed by atoms with van der Waals surface area (Å²) in [6.07, 6.45) is 6.49. The highest BCUT2D eigenvalue weighted by atomic mass is 127. The third kappa shape index (κ3) is 3.94. The minimum absolute atomic E-state index is 0. The van der Waals surface area contributed by atoms with Gasteiger partial charge in [-0.05, 0) is 31.4 Å². The molecule has 0 radical (unpaired) electrons. The molecule has 5 nitrogen and oxygen atoms in total. The number of nitrogens with zero attached hydrogens (tertiary/aromatic N) is 1. The molecular formula is C20H28F2IN3O2. The average Bonchev–Trinajstić information content (AvgIpc) is 3.31. The third-order valence-corrected chi connectivity index (χ3v) is 6.35. The minimum atomic E-state index is -0.692. The quantitative estimate of drug-likeness (QED) is 0.278. The first-order valence-electron chi connectivity index (χ1n) is 9.81. The molecule has 8 heteroatoms. The number of fused-ring (bicyclic) bond motifs is 2. The van der Waals surface area contributed by atoms with Gasteiger partial charge in [-0.25, -0.2) is 8.78 Å². The second-order valence-electron chi connectivity index (χ2n) is 7.73. The first-order valence-corrected chi connectivity index (χ1v) is 9.81. The summed E-state index contributed by atoms with van der Waals surface area (Å²) < 4.78 is 37.9. The normalized spacial score (nSPS) is 27.7. The van der Waals surface area contributed by atoms with E-state index >= 15 is 0 Å². The van der Waals surface area contributed by atoms with E-state index in [1.165, 1.54) is 37.8 Å². The molecule has 1 aromatic carbocycles. The van der Waals surface area contributed by atoms with Crippen LogP contribution in [0.4, 0.5) is 8.78 Å². The Morgan fingerprint density at radius 3 is 2.82 bits per heavy atom. The van der Waals surface area contributed by atoms with Gasteiger partial charge in [0.15, 0.2) is 17.5 Å². The zero-order chi connectivity index (χ0) is 18.9. The number of guanidine groups is 1. The molecule has 28 heavy (non-hydrogen) atoms. The largest absolute Gasteiger partial charge is 0.489 e. The molecule has 0 amide bonds. The minimum Gasteiger partial charge on any atom is -0.489 e. The van der Waals surface area contributed by atoms with E-state index in [9.17, 15) is 8.78 Å². The van der Waals surface area contributed by atoms with Crippen molar-refractivity contribution < 1.29 is 18.3 Å². The summed E-state index contributed by atoms with van der Waals surface area (Å²) in [6.45, 7) is 1.59. The molecule has 2 saturated carbocycles. The number of benzene rings is 1. The summed E-state index contributed by atoms with van der Waals surface area (Å²) in [4.78, 5) is 4.33. The molecule has 1 aliphatic heterocycles. The second kappa shape index (κ2) is 9.11. The Bertz CT molecular complexity index is 713. The molecule has 0 aromatic heterocycles. The summed E-state index contributed by atoms with van der Waals surface area (Å²) >= 11 is 0. The van der Waals surface area contributed by atoms with Crippen molar-refractivity contribution in [3.05, 3.63) is 29.8 Å². The Morgan fingerprint density at radius 1 is 1.32 bits per heavy atom. The number of ether oxygens (including phenoxy) is 2. The monoisotopic (exact) mass is 507 g/mol. The molecule has 3 unspecified atom stereocenters. The zero-order valence-corrected chi connectivity index (χ0v) is 18.4. The van der Waals surface area contributed by atoms with Gasteiger partial charge >= 0.3 is 0 Å². The van der Waals surface area contributed by atoms with Crippen molar-refractivity contribution >= 4 is 29.9 Å². The van der Waals surface area contributed by atoms with Gasteiger partial charge in [-0.3, -0.25) is 4.99 Å². The van der Waals surface area contributed by atoms with E-state index in [1.54, 1.807) is 7.05 Å². The molecule has 2 aliphatic carbocycles. The van der Waals surface area contributed by atoms with Crippen LogP contribution in [0.25, 0.3) is 0 Å². The predicted molar refractivity (Wildman–Crippen MR) is 114 cm³/mol. The molecule has 3 atom stereocenters. The van der Waals surface area contributed by atoms with Crippen molar-refractivity contribution in [1.29, 1.82) is 0 Å². The molecule has 3 aliphatic rings. The molecule has 0 bridgehead atoms. The van der Waals surface area contributed by atoms with Crippen LogP contribution in [0.1, 0.15) is 32.1 Å². The van der Waals surface area contributed by atoms with E-state index < -0.39 is 11.6 Å². The number of nitrogens with one attached hydrogen (secondary N) is 2. The molecule has 4 rings (SSSR count). The van der Waals surface area contributed by atoms with Crippen LogP contribution in [0.15, 0.2) is 23.2 Å². The lowest BCUT2D eigenvalue weighted by atomic mass is 9.54. The lowest BCUT2D eigenvalue weighted by molar-refractivity contribution is -0.125. The van der Waals surface area contributed by atoms with Crippen LogP contribution < -0.4 is 15.4 Å². The van der Waals surface area contributed by atoms with Gasteiger partial charge in [-0.15, -0.1) is 24.0 Å². The fraction of sp³-hybridized carbons (Fsp3) is 0.650. The summed E-state index contributed by atoms with van der Waals surface area (Å²) in [6, 6.07) is 3.70. The third-order valence-electron chi connectivity index (χ3n) is 6.35. The fourth-order valence-corrected chi connectivity index (χ4v) is 5.17. The zero-order valence-electron chi connectivity index (χ0n) is 16.0. The van der Waals surface area contributed by atoms with E-state index in [0.29, 0.717) is 24.6 Å². The molecule has 156 valence electrons. The van der Waals surface area contributed by atoms with Crippen LogP contribution in [0.3, 0.4) is 0 Å². The van der Waals surface area contributed by atoms with Crippen LogP contribution in [-0.2, 0) is 4.74 Å². The highest BCUT2D eigenvalue weighted by molar-refractivity contribution is 14.0. The Morgan fingerprint density at radius 2 is 2.11 bits per heavy atom. The van der Waals surface area contributed by atoms with Gasteiger partial charge < -0.3 is 20.1 Å². The topological polar surface area (TPSA) is 54.9 Å². The van der Waals surface area contributed by atoms with Gasteiger partial charge in [0.1, 0.15) is 12.4 Å². The van der Waals surface area contributed by atoms with Gasteiger partial charge in [0.25, 0.3) is 0 Å². The molecule has 1 aromatic rings. The SMILES string of the molecule is CN=C(NCCOc1ccc(F)cc1F)NC1C2CCOC2C12CCCC2.I. The van der Waals surface area contributed by atoms with Crippen molar-refractivity contribution in [3.63, 3.8) is 0 Å². The van der Waals surface area contributed by atoms with Crippen LogP contribution >= 0.6 is 24.0 Å². The van der Waals surface area contributed by atoms with Crippen LogP contribution in [-0.4, -0.2) is 44.9 Å². The van der Waals surface area contributed by atoms with E-state index in [-0.39, 0.29) is 41.7 Å². The van der Waals surface area contributed by atoms with E-state index in [1.807, 2.05) is 0 Å². The predicted octanol–water partition coefficient (Wildman–Crippen LogP) is 3.47. The van der Waals surface area contributed by atoms with Crippen LogP contribution in [0.2, 0.25) is 0 Å². The van der Waals surface area contributed by atoms with Gasteiger partial charge in [0, 0.05) is 37.1 Å². The molecule has 1 heterocycles. The number of aliphatic imine (C=N–C) groups is 1. The molecule has 1 spiro atoms. The molecule has 3 fully saturated rings.